The Bertz CT molecular complexity index is 755. The van der Waals surface area contributed by atoms with Gasteiger partial charge in [-0.3, -0.25) is 9.58 Å². The van der Waals surface area contributed by atoms with Crippen molar-refractivity contribution in [3.8, 4) is 11.3 Å². The summed E-state index contributed by atoms with van der Waals surface area (Å²) in [7, 11) is 1.98. The number of hydrogen-bond donors (Lipinski definition) is 2. The fourth-order valence-electron chi connectivity index (χ4n) is 4.75. The van der Waals surface area contributed by atoms with Gasteiger partial charge >= 0.3 is 0 Å². The molecule has 0 spiro atoms. The third kappa shape index (κ3) is 4.46. The summed E-state index contributed by atoms with van der Waals surface area (Å²) in [4.78, 5) is 4.93. The van der Waals surface area contributed by atoms with Gasteiger partial charge in [-0.05, 0) is 24.7 Å². The van der Waals surface area contributed by atoms with Crippen LogP contribution in [0.15, 0.2) is 36.5 Å². The number of aromatic nitrogens is 2. The van der Waals surface area contributed by atoms with E-state index in [4.69, 9.17) is 5.10 Å². The van der Waals surface area contributed by atoms with Crippen LogP contribution in [0.1, 0.15) is 18.4 Å². The van der Waals surface area contributed by atoms with Crippen LogP contribution < -0.4 is 0 Å². The molecular weight excluding hydrogens is 352 g/mol. The third-order valence-electron chi connectivity index (χ3n) is 6.28. The van der Waals surface area contributed by atoms with E-state index >= 15 is 0 Å². The molecule has 0 bridgehead atoms. The van der Waals surface area contributed by atoms with Crippen molar-refractivity contribution in [3.05, 3.63) is 42.1 Å². The molecule has 28 heavy (non-hydrogen) atoms. The van der Waals surface area contributed by atoms with Crippen LogP contribution in [-0.2, 0) is 13.6 Å². The van der Waals surface area contributed by atoms with Crippen molar-refractivity contribution in [1.82, 2.24) is 19.6 Å². The molecule has 1 aromatic carbocycles. The Labute approximate surface area is 167 Å². The second-order valence-corrected chi connectivity index (χ2v) is 8.47. The number of benzene rings is 1. The molecule has 2 aliphatic heterocycles. The molecule has 0 radical (unpaired) electrons. The number of rotatable bonds is 6. The average molecular weight is 385 g/mol. The maximum Gasteiger partial charge on any atom is 0.0968 e. The summed E-state index contributed by atoms with van der Waals surface area (Å²) in [5.41, 5.74) is 3.45. The monoisotopic (exact) mass is 384 g/mol. The van der Waals surface area contributed by atoms with Gasteiger partial charge in [-0.2, -0.15) is 5.10 Å². The van der Waals surface area contributed by atoms with Crippen molar-refractivity contribution in [2.24, 2.45) is 18.9 Å². The summed E-state index contributed by atoms with van der Waals surface area (Å²) in [6.45, 7) is 6.01. The molecular formula is C22H32N4O2. The molecule has 4 rings (SSSR count). The predicted octanol–water partition coefficient (Wildman–Crippen LogP) is 1.58. The zero-order chi connectivity index (χ0) is 19.5. The third-order valence-corrected chi connectivity index (χ3v) is 6.28. The van der Waals surface area contributed by atoms with E-state index in [-0.39, 0.29) is 12.7 Å². The summed E-state index contributed by atoms with van der Waals surface area (Å²) in [5.74, 6) is 0.806. The summed E-state index contributed by atoms with van der Waals surface area (Å²) in [5, 5.41) is 24.3. The Hall–Kier alpha value is -1.73. The molecule has 0 aliphatic carbocycles. The van der Waals surface area contributed by atoms with Gasteiger partial charge < -0.3 is 15.1 Å². The number of aryl methyl sites for hydroxylation is 1. The second kappa shape index (κ2) is 8.74. The molecule has 2 aliphatic rings. The Morgan fingerprint density at radius 1 is 1.04 bits per heavy atom. The fourth-order valence-corrected chi connectivity index (χ4v) is 4.75. The van der Waals surface area contributed by atoms with Gasteiger partial charge in [0.1, 0.15) is 0 Å². The lowest BCUT2D eigenvalue weighted by molar-refractivity contribution is 0.0684. The highest BCUT2D eigenvalue weighted by Gasteiger charge is 2.34. The van der Waals surface area contributed by atoms with Crippen molar-refractivity contribution < 1.29 is 10.2 Å². The zero-order valence-electron chi connectivity index (χ0n) is 16.7. The number of nitrogens with zero attached hydrogens (tertiary/aromatic N) is 4. The van der Waals surface area contributed by atoms with Crippen molar-refractivity contribution in [2.75, 3.05) is 39.3 Å². The van der Waals surface area contributed by atoms with E-state index in [9.17, 15) is 10.2 Å². The molecule has 6 heteroatoms. The predicted molar refractivity (Wildman–Crippen MR) is 110 cm³/mol. The molecule has 0 saturated carbocycles. The van der Waals surface area contributed by atoms with E-state index in [2.05, 4.69) is 40.3 Å². The minimum atomic E-state index is -0.132. The highest BCUT2D eigenvalue weighted by Crippen LogP contribution is 2.29. The molecule has 3 heterocycles. The largest absolute Gasteiger partial charge is 0.396 e. The van der Waals surface area contributed by atoms with Crippen molar-refractivity contribution in [3.63, 3.8) is 0 Å². The van der Waals surface area contributed by atoms with Gasteiger partial charge in [0.25, 0.3) is 0 Å². The lowest BCUT2D eigenvalue weighted by Crippen LogP contribution is -2.40. The first-order valence-corrected chi connectivity index (χ1v) is 10.4. The van der Waals surface area contributed by atoms with Crippen LogP contribution in [0.2, 0.25) is 0 Å². The van der Waals surface area contributed by atoms with Gasteiger partial charge in [0.15, 0.2) is 0 Å². The van der Waals surface area contributed by atoms with E-state index in [0.717, 1.165) is 63.4 Å². The van der Waals surface area contributed by atoms with Crippen molar-refractivity contribution in [1.29, 1.82) is 0 Å². The molecule has 2 atom stereocenters. The minimum Gasteiger partial charge on any atom is -0.396 e. The first kappa shape index (κ1) is 19.6. The van der Waals surface area contributed by atoms with Gasteiger partial charge in [-0.15, -0.1) is 0 Å². The van der Waals surface area contributed by atoms with Crippen LogP contribution in [0.5, 0.6) is 0 Å². The first-order valence-electron chi connectivity index (χ1n) is 10.4. The molecule has 152 valence electrons. The lowest BCUT2D eigenvalue weighted by atomic mass is 9.95. The number of aliphatic hydroxyl groups excluding tert-OH is 2. The van der Waals surface area contributed by atoms with Crippen molar-refractivity contribution in [2.45, 2.75) is 25.5 Å². The minimum absolute atomic E-state index is 0.132. The van der Waals surface area contributed by atoms with Crippen LogP contribution in [-0.4, -0.2) is 75.2 Å². The van der Waals surface area contributed by atoms with E-state index < -0.39 is 0 Å². The standard InChI is InChI=1S/C22H32N4O2/c1-24-11-19(22(23-24)17-5-3-2-4-6-17)14-26-13-18(20(15-26)16-27)12-25-9-7-21(28)8-10-25/h2-6,11,18,20-21,27-28H,7-10,12-16H2,1H3/t18-,20-/m0/s1. The number of hydrogen-bond acceptors (Lipinski definition) is 5. The maximum atomic E-state index is 9.93. The molecule has 2 aromatic rings. The average Bonchev–Trinajstić information content (AvgIpc) is 3.27. The Morgan fingerprint density at radius 3 is 2.46 bits per heavy atom. The summed E-state index contributed by atoms with van der Waals surface area (Å²) >= 11 is 0. The fraction of sp³-hybridized carbons (Fsp3) is 0.591. The Balaban J connectivity index is 1.42. The second-order valence-electron chi connectivity index (χ2n) is 8.47. The van der Waals surface area contributed by atoms with E-state index in [0.29, 0.717) is 11.8 Å². The lowest BCUT2D eigenvalue weighted by Gasteiger charge is -2.32. The zero-order valence-corrected chi connectivity index (χ0v) is 16.7. The molecule has 2 N–H and O–H groups in total. The summed E-state index contributed by atoms with van der Waals surface area (Å²) < 4.78 is 1.90. The molecule has 2 fully saturated rings. The molecule has 0 unspecified atom stereocenters. The normalized spacial score (nSPS) is 24.8. The SMILES string of the molecule is Cn1cc(CN2C[C@@H](CO)[C@@H](CN3CCC(O)CC3)C2)c(-c2ccccc2)n1. The molecule has 2 saturated heterocycles. The highest BCUT2D eigenvalue weighted by molar-refractivity contribution is 5.62. The van der Waals surface area contributed by atoms with Gasteiger partial charge in [0.05, 0.1) is 11.8 Å². The molecule has 6 nitrogen and oxygen atoms in total. The van der Waals surface area contributed by atoms with Crippen LogP contribution in [0.3, 0.4) is 0 Å². The Kier molecular flexibility index (Phi) is 6.11. The number of piperidine rings is 1. The van der Waals surface area contributed by atoms with Crippen LogP contribution in [0.25, 0.3) is 11.3 Å². The van der Waals surface area contributed by atoms with Crippen molar-refractivity contribution >= 4 is 0 Å². The Morgan fingerprint density at radius 2 is 1.75 bits per heavy atom. The van der Waals surface area contributed by atoms with Crippen LogP contribution in [0, 0.1) is 11.8 Å². The summed E-state index contributed by atoms with van der Waals surface area (Å²) in [6.07, 6.45) is 3.73. The number of aliphatic hydroxyl groups is 2. The topological polar surface area (TPSA) is 64.8 Å². The maximum absolute atomic E-state index is 9.93. The summed E-state index contributed by atoms with van der Waals surface area (Å²) in [6, 6.07) is 10.4. The smallest absolute Gasteiger partial charge is 0.0968 e. The highest BCUT2D eigenvalue weighted by atomic mass is 16.3. The molecule has 1 aromatic heterocycles. The van der Waals surface area contributed by atoms with E-state index in [1.165, 1.54) is 5.56 Å². The van der Waals surface area contributed by atoms with Gasteiger partial charge in [-0.1, -0.05) is 30.3 Å². The van der Waals surface area contributed by atoms with E-state index in [1.54, 1.807) is 0 Å². The van der Waals surface area contributed by atoms with Crippen LogP contribution >= 0.6 is 0 Å². The molecule has 0 amide bonds. The quantitative estimate of drug-likeness (QED) is 0.792. The van der Waals surface area contributed by atoms with Gasteiger partial charge in [0, 0.05) is 70.2 Å². The number of likely N-dealkylation sites (tertiary alicyclic amines) is 2. The van der Waals surface area contributed by atoms with Gasteiger partial charge in [0.2, 0.25) is 0 Å². The van der Waals surface area contributed by atoms with Gasteiger partial charge in [-0.25, -0.2) is 0 Å². The first-order chi connectivity index (χ1) is 13.6. The van der Waals surface area contributed by atoms with Crippen LogP contribution in [0.4, 0.5) is 0 Å². The van der Waals surface area contributed by atoms with E-state index in [1.807, 2.05) is 17.8 Å².